The molecule has 0 saturated carbocycles. The zero-order chi connectivity index (χ0) is 17.8. The molecular weight excluding hydrogens is 332 g/mol. The van der Waals surface area contributed by atoms with Gasteiger partial charge in [-0.05, 0) is 31.5 Å². The first kappa shape index (κ1) is 17.2. The number of benzene rings is 2. The number of aromatic nitrogens is 3. The molecule has 1 atom stereocenters. The third kappa shape index (κ3) is 4.09. The highest BCUT2D eigenvalue weighted by atomic mass is 32.2. The lowest BCUT2D eigenvalue weighted by atomic mass is 10.1. The van der Waals surface area contributed by atoms with Crippen LogP contribution in [0.25, 0.3) is 0 Å². The maximum Gasteiger partial charge on any atom is 0.242 e. The number of carbonyl (C=O) groups excluding carboxylic acids is 1. The Bertz CT molecular complexity index is 859. The first-order valence-electron chi connectivity index (χ1n) is 7.99. The molecule has 3 rings (SSSR count). The van der Waals surface area contributed by atoms with Crippen LogP contribution in [0, 0.1) is 13.8 Å². The maximum atomic E-state index is 12.9. The smallest absolute Gasteiger partial charge is 0.242 e. The van der Waals surface area contributed by atoms with Gasteiger partial charge in [-0.15, -0.1) is 10.2 Å². The van der Waals surface area contributed by atoms with Crippen molar-refractivity contribution in [1.82, 2.24) is 14.8 Å². The van der Waals surface area contributed by atoms with Gasteiger partial charge in [-0.2, -0.15) is 0 Å². The lowest BCUT2D eigenvalue weighted by molar-refractivity contribution is -0.115. The van der Waals surface area contributed by atoms with E-state index >= 15 is 0 Å². The molecule has 0 aliphatic carbocycles. The van der Waals surface area contributed by atoms with E-state index in [2.05, 4.69) is 15.5 Å². The summed E-state index contributed by atoms with van der Waals surface area (Å²) < 4.78 is 1.89. The third-order valence-electron chi connectivity index (χ3n) is 3.94. The molecule has 0 saturated heterocycles. The molecular formula is C19H20N4OS. The fourth-order valence-corrected chi connectivity index (χ4v) is 3.39. The monoisotopic (exact) mass is 352 g/mol. The van der Waals surface area contributed by atoms with Gasteiger partial charge in [0.15, 0.2) is 5.16 Å². The second-order valence-electron chi connectivity index (χ2n) is 5.85. The van der Waals surface area contributed by atoms with Crippen LogP contribution in [0.1, 0.15) is 22.2 Å². The first-order valence-corrected chi connectivity index (χ1v) is 8.87. The molecule has 3 aromatic rings. The standard InChI is InChI=1S/C19H20N4OS/c1-13-9-11-16(12-10-13)20-18(24)17(15-7-5-4-6-8-15)25-19-22-21-14(2)23(19)3/h4-12,17H,1-3H3,(H,20,24)/t17-/m1/s1. The highest BCUT2D eigenvalue weighted by molar-refractivity contribution is 8.00. The van der Waals surface area contributed by atoms with Crippen molar-refractivity contribution in [3.8, 4) is 0 Å². The summed E-state index contributed by atoms with van der Waals surface area (Å²) in [6.45, 7) is 3.91. The van der Waals surface area contributed by atoms with Crippen LogP contribution >= 0.6 is 11.8 Å². The SMILES string of the molecule is Cc1ccc(NC(=O)[C@H](Sc2nnc(C)n2C)c2ccccc2)cc1. The Labute approximate surface area is 151 Å². The van der Waals surface area contributed by atoms with Crippen LogP contribution in [0.3, 0.4) is 0 Å². The molecule has 0 radical (unpaired) electrons. The lowest BCUT2D eigenvalue weighted by Crippen LogP contribution is -2.19. The van der Waals surface area contributed by atoms with E-state index in [1.807, 2.05) is 80.1 Å². The molecule has 1 aromatic heterocycles. The van der Waals surface area contributed by atoms with E-state index in [0.29, 0.717) is 5.16 Å². The van der Waals surface area contributed by atoms with Gasteiger partial charge in [-0.1, -0.05) is 59.8 Å². The summed E-state index contributed by atoms with van der Waals surface area (Å²) in [5, 5.41) is 11.6. The van der Waals surface area contributed by atoms with Crippen molar-refractivity contribution in [2.24, 2.45) is 7.05 Å². The van der Waals surface area contributed by atoms with Crippen molar-refractivity contribution in [2.75, 3.05) is 5.32 Å². The Balaban J connectivity index is 1.86. The predicted octanol–water partition coefficient (Wildman–Crippen LogP) is 3.90. The number of nitrogens with one attached hydrogen (secondary N) is 1. The van der Waals surface area contributed by atoms with Crippen molar-refractivity contribution < 1.29 is 4.79 Å². The fourth-order valence-electron chi connectivity index (χ4n) is 2.34. The summed E-state index contributed by atoms with van der Waals surface area (Å²) >= 11 is 1.40. The Kier molecular flexibility index (Phi) is 5.19. The number of rotatable bonds is 5. The molecule has 2 aromatic carbocycles. The van der Waals surface area contributed by atoms with Gasteiger partial charge in [0.05, 0.1) is 0 Å². The molecule has 0 aliphatic rings. The Morgan fingerprint density at radius 3 is 2.32 bits per heavy atom. The number of amides is 1. The summed E-state index contributed by atoms with van der Waals surface area (Å²) in [6.07, 6.45) is 0. The molecule has 0 fully saturated rings. The maximum absolute atomic E-state index is 12.9. The largest absolute Gasteiger partial charge is 0.325 e. The van der Waals surface area contributed by atoms with Crippen LogP contribution in [-0.2, 0) is 11.8 Å². The van der Waals surface area contributed by atoms with Crippen LogP contribution < -0.4 is 5.32 Å². The van der Waals surface area contributed by atoms with Crippen LogP contribution in [-0.4, -0.2) is 20.7 Å². The van der Waals surface area contributed by atoms with E-state index in [-0.39, 0.29) is 5.91 Å². The molecule has 25 heavy (non-hydrogen) atoms. The highest BCUT2D eigenvalue weighted by Gasteiger charge is 2.24. The Hall–Kier alpha value is -2.60. The van der Waals surface area contributed by atoms with E-state index in [1.165, 1.54) is 11.8 Å². The fraction of sp³-hybridized carbons (Fsp3) is 0.211. The normalized spacial score (nSPS) is 12.0. The number of hydrogen-bond donors (Lipinski definition) is 1. The van der Waals surface area contributed by atoms with Gasteiger partial charge in [0.1, 0.15) is 11.1 Å². The quantitative estimate of drug-likeness (QED) is 0.708. The molecule has 1 N–H and O–H groups in total. The zero-order valence-electron chi connectivity index (χ0n) is 14.4. The molecule has 0 unspecified atom stereocenters. The van der Waals surface area contributed by atoms with Crippen molar-refractivity contribution in [1.29, 1.82) is 0 Å². The van der Waals surface area contributed by atoms with E-state index in [1.54, 1.807) is 0 Å². The highest BCUT2D eigenvalue weighted by Crippen LogP contribution is 2.35. The Morgan fingerprint density at radius 1 is 1.04 bits per heavy atom. The average molecular weight is 352 g/mol. The molecule has 0 bridgehead atoms. The third-order valence-corrected chi connectivity index (χ3v) is 5.22. The molecule has 0 spiro atoms. The lowest BCUT2D eigenvalue weighted by Gasteiger charge is -2.16. The second-order valence-corrected chi connectivity index (χ2v) is 6.92. The van der Waals surface area contributed by atoms with E-state index in [4.69, 9.17) is 0 Å². The van der Waals surface area contributed by atoms with Gasteiger partial charge >= 0.3 is 0 Å². The average Bonchev–Trinajstić information content (AvgIpc) is 2.94. The van der Waals surface area contributed by atoms with E-state index in [0.717, 1.165) is 22.6 Å². The van der Waals surface area contributed by atoms with Gasteiger partial charge in [-0.3, -0.25) is 4.79 Å². The van der Waals surface area contributed by atoms with Crippen molar-refractivity contribution in [3.05, 3.63) is 71.5 Å². The van der Waals surface area contributed by atoms with Gasteiger partial charge in [0.25, 0.3) is 0 Å². The summed E-state index contributed by atoms with van der Waals surface area (Å²) in [6, 6.07) is 17.5. The van der Waals surface area contributed by atoms with Crippen LogP contribution in [0.5, 0.6) is 0 Å². The number of nitrogens with zero attached hydrogens (tertiary/aromatic N) is 3. The zero-order valence-corrected chi connectivity index (χ0v) is 15.2. The molecule has 1 heterocycles. The van der Waals surface area contributed by atoms with Crippen LogP contribution in [0.15, 0.2) is 59.8 Å². The predicted molar refractivity (Wildman–Crippen MR) is 101 cm³/mol. The number of thioether (sulfide) groups is 1. The summed E-state index contributed by atoms with van der Waals surface area (Å²) in [7, 11) is 1.90. The number of aryl methyl sites for hydroxylation is 2. The van der Waals surface area contributed by atoms with Gasteiger partial charge < -0.3 is 9.88 Å². The first-order chi connectivity index (χ1) is 12.0. The van der Waals surface area contributed by atoms with Crippen molar-refractivity contribution in [3.63, 3.8) is 0 Å². The number of anilines is 1. The summed E-state index contributed by atoms with van der Waals surface area (Å²) in [5.74, 6) is 0.731. The number of hydrogen-bond acceptors (Lipinski definition) is 4. The number of carbonyl (C=O) groups is 1. The van der Waals surface area contributed by atoms with E-state index < -0.39 is 5.25 Å². The summed E-state index contributed by atoms with van der Waals surface area (Å²) in [4.78, 5) is 12.9. The topological polar surface area (TPSA) is 59.8 Å². The molecule has 128 valence electrons. The van der Waals surface area contributed by atoms with Crippen molar-refractivity contribution in [2.45, 2.75) is 24.3 Å². The minimum Gasteiger partial charge on any atom is -0.325 e. The minimum absolute atomic E-state index is 0.0827. The van der Waals surface area contributed by atoms with E-state index in [9.17, 15) is 4.79 Å². The molecule has 6 heteroatoms. The molecule has 1 amide bonds. The van der Waals surface area contributed by atoms with Crippen molar-refractivity contribution >= 4 is 23.4 Å². The Morgan fingerprint density at radius 2 is 1.72 bits per heavy atom. The van der Waals surface area contributed by atoms with Gasteiger partial charge in [0, 0.05) is 12.7 Å². The molecule has 5 nitrogen and oxygen atoms in total. The van der Waals surface area contributed by atoms with Gasteiger partial charge in [-0.25, -0.2) is 0 Å². The second kappa shape index (κ2) is 7.53. The summed E-state index contributed by atoms with van der Waals surface area (Å²) in [5.41, 5.74) is 2.87. The van der Waals surface area contributed by atoms with Crippen LogP contribution in [0.2, 0.25) is 0 Å². The van der Waals surface area contributed by atoms with Crippen LogP contribution in [0.4, 0.5) is 5.69 Å². The minimum atomic E-state index is -0.412. The molecule has 0 aliphatic heterocycles. The van der Waals surface area contributed by atoms with Gasteiger partial charge in [0.2, 0.25) is 5.91 Å².